The second-order valence-electron chi connectivity index (χ2n) is 8.94. The Hall–Kier alpha value is -0.700. The number of aliphatic hydroxyl groups excluding tert-OH is 1. The SMILES string of the molecule is C[C@]12CCC(=O)C(=O)C1CC[C@@H]1[C@H]2CC[C@]2(C)C(O)CC[C@@H]12. The molecule has 0 spiro atoms. The van der Waals surface area contributed by atoms with Crippen molar-refractivity contribution in [2.75, 3.05) is 0 Å². The average molecular weight is 304 g/mol. The Kier molecular flexibility index (Phi) is 3.15. The van der Waals surface area contributed by atoms with E-state index in [2.05, 4.69) is 13.8 Å². The highest BCUT2D eigenvalue weighted by Gasteiger charge is 2.61. The van der Waals surface area contributed by atoms with Crippen molar-refractivity contribution in [2.45, 2.75) is 71.3 Å². The molecule has 4 rings (SSSR count). The third-order valence-electron chi connectivity index (χ3n) is 8.30. The van der Waals surface area contributed by atoms with E-state index in [4.69, 9.17) is 0 Å². The van der Waals surface area contributed by atoms with E-state index in [0.29, 0.717) is 24.2 Å². The molecule has 3 nitrogen and oxygen atoms in total. The summed E-state index contributed by atoms with van der Waals surface area (Å²) in [7, 11) is 0. The maximum Gasteiger partial charge on any atom is 0.201 e. The lowest BCUT2D eigenvalue weighted by molar-refractivity contribution is -0.159. The van der Waals surface area contributed by atoms with E-state index in [-0.39, 0.29) is 34.4 Å². The standard InChI is InChI=1S/C19H28O3/c1-18-10-8-15(20)17(22)14(18)4-3-11-12-5-6-16(21)19(12,2)9-7-13(11)18/h11-14,16,21H,3-10H2,1-2H3/t11-,12-,13+,14?,16?,18+,19-/m0/s1. The number of Topliss-reactive ketones (excluding diaryl/α,β-unsaturated/α-hetero) is 2. The predicted octanol–water partition coefficient (Wildman–Crippen LogP) is 3.14. The number of carbonyl (C=O) groups excluding carboxylic acids is 2. The molecule has 0 aromatic rings. The summed E-state index contributed by atoms with van der Waals surface area (Å²) in [6, 6.07) is 0. The van der Waals surface area contributed by atoms with Gasteiger partial charge in [0.15, 0.2) is 5.78 Å². The first-order valence-corrected chi connectivity index (χ1v) is 9.13. The first kappa shape index (κ1) is 14.9. The molecule has 0 radical (unpaired) electrons. The number of hydrogen-bond acceptors (Lipinski definition) is 3. The van der Waals surface area contributed by atoms with Crippen molar-refractivity contribution in [3.8, 4) is 0 Å². The molecule has 4 saturated carbocycles. The highest BCUT2D eigenvalue weighted by Crippen LogP contribution is 2.65. The summed E-state index contributed by atoms with van der Waals surface area (Å²) in [4.78, 5) is 24.2. The molecule has 0 bridgehead atoms. The van der Waals surface area contributed by atoms with Gasteiger partial charge in [-0.05, 0) is 73.5 Å². The Morgan fingerprint density at radius 3 is 2.41 bits per heavy atom. The van der Waals surface area contributed by atoms with E-state index in [0.717, 1.165) is 44.9 Å². The van der Waals surface area contributed by atoms with E-state index in [1.165, 1.54) is 0 Å². The van der Waals surface area contributed by atoms with E-state index >= 15 is 0 Å². The van der Waals surface area contributed by atoms with Crippen molar-refractivity contribution >= 4 is 11.6 Å². The van der Waals surface area contributed by atoms with E-state index in [9.17, 15) is 14.7 Å². The molecule has 1 N–H and O–H groups in total. The Bertz CT molecular complexity index is 527. The van der Waals surface area contributed by atoms with Crippen LogP contribution in [0, 0.1) is 34.5 Å². The molecule has 4 fully saturated rings. The summed E-state index contributed by atoms with van der Waals surface area (Å²) < 4.78 is 0. The topological polar surface area (TPSA) is 54.4 Å². The summed E-state index contributed by atoms with van der Waals surface area (Å²) in [5.41, 5.74) is 0.127. The van der Waals surface area contributed by atoms with Crippen molar-refractivity contribution < 1.29 is 14.7 Å². The van der Waals surface area contributed by atoms with Crippen molar-refractivity contribution in [3.05, 3.63) is 0 Å². The third kappa shape index (κ3) is 1.72. The predicted molar refractivity (Wildman–Crippen MR) is 83.1 cm³/mol. The minimum absolute atomic E-state index is 0.0225. The lowest BCUT2D eigenvalue weighted by Gasteiger charge is -2.59. The fourth-order valence-electron chi connectivity index (χ4n) is 6.92. The minimum Gasteiger partial charge on any atom is -0.393 e. The zero-order valence-corrected chi connectivity index (χ0v) is 13.8. The molecule has 122 valence electrons. The maximum atomic E-state index is 12.4. The van der Waals surface area contributed by atoms with Gasteiger partial charge >= 0.3 is 0 Å². The monoisotopic (exact) mass is 304 g/mol. The molecule has 0 saturated heterocycles. The lowest BCUT2D eigenvalue weighted by Crippen LogP contribution is -2.56. The smallest absolute Gasteiger partial charge is 0.201 e. The zero-order valence-electron chi connectivity index (χ0n) is 13.8. The van der Waals surface area contributed by atoms with Crippen LogP contribution in [-0.4, -0.2) is 22.8 Å². The second-order valence-corrected chi connectivity index (χ2v) is 8.94. The van der Waals surface area contributed by atoms with Gasteiger partial charge in [0.25, 0.3) is 0 Å². The van der Waals surface area contributed by atoms with Crippen LogP contribution in [0.2, 0.25) is 0 Å². The van der Waals surface area contributed by atoms with Crippen LogP contribution in [0.15, 0.2) is 0 Å². The number of fused-ring (bicyclic) bond motifs is 5. The van der Waals surface area contributed by atoms with Gasteiger partial charge in [-0.25, -0.2) is 0 Å². The van der Waals surface area contributed by atoms with Crippen LogP contribution in [-0.2, 0) is 9.59 Å². The van der Waals surface area contributed by atoms with Crippen molar-refractivity contribution in [1.29, 1.82) is 0 Å². The maximum absolute atomic E-state index is 12.4. The van der Waals surface area contributed by atoms with Gasteiger partial charge < -0.3 is 5.11 Å². The third-order valence-corrected chi connectivity index (χ3v) is 8.30. The van der Waals surface area contributed by atoms with Crippen LogP contribution in [0.4, 0.5) is 0 Å². The van der Waals surface area contributed by atoms with Crippen molar-refractivity contribution in [3.63, 3.8) is 0 Å². The Labute approximate surface area is 132 Å². The number of aliphatic hydroxyl groups is 1. The molecule has 0 aromatic carbocycles. The van der Waals surface area contributed by atoms with Gasteiger partial charge in [0.2, 0.25) is 5.78 Å². The summed E-state index contributed by atoms with van der Waals surface area (Å²) in [5.74, 6) is 1.62. The summed E-state index contributed by atoms with van der Waals surface area (Å²) >= 11 is 0. The van der Waals surface area contributed by atoms with Gasteiger partial charge in [0.05, 0.1) is 6.10 Å². The molecule has 7 atom stereocenters. The fourth-order valence-corrected chi connectivity index (χ4v) is 6.92. The van der Waals surface area contributed by atoms with E-state index in [1.54, 1.807) is 0 Å². The van der Waals surface area contributed by atoms with E-state index in [1.807, 2.05) is 0 Å². The van der Waals surface area contributed by atoms with Crippen LogP contribution in [0.5, 0.6) is 0 Å². The Morgan fingerprint density at radius 2 is 1.64 bits per heavy atom. The molecule has 0 amide bonds. The molecule has 4 aliphatic rings. The molecule has 3 heteroatoms. The zero-order chi connectivity index (χ0) is 15.7. The normalized spacial score (nSPS) is 54.6. The van der Waals surface area contributed by atoms with Gasteiger partial charge in [-0.1, -0.05) is 13.8 Å². The van der Waals surface area contributed by atoms with Crippen LogP contribution in [0.1, 0.15) is 65.2 Å². The number of rotatable bonds is 0. The van der Waals surface area contributed by atoms with Crippen LogP contribution in [0.25, 0.3) is 0 Å². The molecule has 0 aliphatic heterocycles. The molecule has 22 heavy (non-hydrogen) atoms. The Morgan fingerprint density at radius 1 is 0.909 bits per heavy atom. The van der Waals surface area contributed by atoms with Crippen LogP contribution in [0.3, 0.4) is 0 Å². The van der Waals surface area contributed by atoms with Crippen molar-refractivity contribution in [2.24, 2.45) is 34.5 Å². The number of hydrogen-bond donors (Lipinski definition) is 1. The van der Waals surface area contributed by atoms with Gasteiger partial charge in [-0.3, -0.25) is 9.59 Å². The highest BCUT2D eigenvalue weighted by atomic mass is 16.3. The van der Waals surface area contributed by atoms with Crippen molar-refractivity contribution in [1.82, 2.24) is 0 Å². The summed E-state index contributed by atoms with van der Waals surface area (Å²) in [6.45, 7) is 4.57. The van der Waals surface area contributed by atoms with Gasteiger partial charge in [-0.15, -0.1) is 0 Å². The molecule has 4 aliphatic carbocycles. The van der Waals surface area contributed by atoms with Gasteiger partial charge in [0.1, 0.15) is 0 Å². The number of ketones is 2. The first-order chi connectivity index (χ1) is 10.4. The van der Waals surface area contributed by atoms with Gasteiger partial charge in [0, 0.05) is 12.3 Å². The summed E-state index contributed by atoms with van der Waals surface area (Å²) in [5, 5.41) is 10.4. The molecule has 0 heterocycles. The Balaban J connectivity index is 1.67. The molecule has 0 aromatic heterocycles. The largest absolute Gasteiger partial charge is 0.393 e. The summed E-state index contributed by atoms with van der Waals surface area (Å²) in [6.07, 6.45) is 7.50. The molecular formula is C19H28O3. The van der Waals surface area contributed by atoms with Gasteiger partial charge in [-0.2, -0.15) is 0 Å². The second kappa shape index (κ2) is 4.66. The van der Waals surface area contributed by atoms with E-state index < -0.39 is 0 Å². The molecule has 2 unspecified atom stereocenters. The van der Waals surface area contributed by atoms with Crippen LogP contribution >= 0.6 is 0 Å². The lowest BCUT2D eigenvalue weighted by atomic mass is 9.45. The number of carbonyl (C=O) groups is 2. The quantitative estimate of drug-likeness (QED) is 0.700. The highest BCUT2D eigenvalue weighted by molar-refractivity contribution is 6.38. The molecular weight excluding hydrogens is 276 g/mol. The van der Waals surface area contributed by atoms with Crippen LogP contribution < -0.4 is 0 Å². The first-order valence-electron chi connectivity index (χ1n) is 9.13. The average Bonchev–Trinajstić information content (AvgIpc) is 2.79. The minimum atomic E-state index is -0.140. The fraction of sp³-hybridized carbons (Fsp3) is 0.895.